The van der Waals surface area contributed by atoms with Crippen molar-refractivity contribution in [3.05, 3.63) is 23.0 Å². The zero-order valence-electron chi connectivity index (χ0n) is 10.1. The second kappa shape index (κ2) is 6.33. The van der Waals surface area contributed by atoms with E-state index in [4.69, 9.17) is 16.7 Å². The van der Waals surface area contributed by atoms with E-state index in [-0.39, 0.29) is 23.8 Å². The van der Waals surface area contributed by atoms with Gasteiger partial charge in [-0.25, -0.2) is 0 Å². The lowest BCUT2D eigenvalue weighted by atomic mass is 10.2. The highest BCUT2D eigenvalue weighted by Gasteiger charge is 2.19. The Morgan fingerprint density at radius 3 is 2.76 bits per heavy atom. The van der Waals surface area contributed by atoms with Crippen LogP contribution < -0.4 is 5.32 Å². The molecule has 4 nitrogen and oxygen atoms in total. The Kier molecular flexibility index (Phi) is 5.36. The highest BCUT2D eigenvalue weighted by atomic mass is 35.5. The van der Waals surface area contributed by atoms with Crippen molar-refractivity contribution in [2.45, 2.75) is 18.2 Å². The number of carbonyl (C=O) groups excluding carboxylic acids is 1. The van der Waals surface area contributed by atoms with Gasteiger partial charge in [0.1, 0.15) is 5.69 Å². The SMILES string of the molecule is CSC(CO)C(C)NC(=O)c1cc(Cl)cn1C. The fourth-order valence-corrected chi connectivity index (χ4v) is 2.44. The van der Waals surface area contributed by atoms with Gasteiger partial charge in [0, 0.05) is 24.5 Å². The van der Waals surface area contributed by atoms with E-state index in [1.807, 2.05) is 13.2 Å². The number of nitrogens with one attached hydrogen (secondary N) is 1. The third kappa shape index (κ3) is 3.66. The van der Waals surface area contributed by atoms with Gasteiger partial charge in [-0.15, -0.1) is 0 Å². The molecule has 0 saturated heterocycles. The van der Waals surface area contributed by atoms with Crippen LogP contribution in [0, 0.1) is 0 Å². The molecular formula is C11H17ClN2O2S. The van der Waals surface area contributed by atoms with Crippen LogP contribution in [0.15, 0.2) is 12.3 Å². The average Bonchev–Trinajstić information content (AvgIpc) is 2.59. The average molecular weight is 277 g/mol. The van der Waals surface area contributed by atoms with Gasteiger partial charge in [0.05, 0.1) is 11.6 Å². The lowest BCUT2D eigenvalue weighted by Crippen LogP contribution is -2.41. The molecule has 2 atom stereocenters. The highest BCUT2D eigenvalue weighted by molar-refractivity contribution is 7.99. The van der Waals surface area contributed by atoms with Crippen molar-refractivity contribution in [3.8, 4) is 0 Å². The van der Waals surface area contributed by atoms with Gasteiger partial charge in [0.2, 0.25) is 0 Å². The maximum absolute atomic E-state index is 11.9. The van der Waals surface area contributed by atoms with Crippen molar-refractivity contribution in [2.75, 3.05) is 12.9 Å². The molecule has 6 heteroatoms. The molecular weight excluding hydrogens is 260 g/mol. The molecule has 0 aliphatic heterocycles. The van der Waals surface area contributed by atoms with Crippen LogP contribution >= 0.6 is 23.4 Å². The van der Waals surface area contributed by atoms with Crippen LogP contribution in [0.1, 0.15) is 17.4 Å². The normalized spacial score (nSPS) is 14.4. The van der Waals surface area contributed by atoms with Crippen molar-refractivity contribution in [1.82, 2.24) is 9.88 Å². The second-order valence-electron chi connectivity index (χ2n) is 3.87. The van der Waals surface area contributed by atoms with Gasteiger partial charge in [0.15, 0.2) is 0 Å². The number of aliphatic hydroxyl groups excluding tert-OH is 1. The fourth-order valence-electron chi connectivity index (χ4n) is 1.56. The summed E-state index contributed by atoms with van der Waals surface area (Å²) in [5.74, 6) is -0.181. The van der Waals surface area contributed by atoms with E-state index in [1.54, 1.807) is 23.9 Å². The summed E-state index contributed by atoms with van der Waals surface area (Å²) in [4.78, 5) is 11.9. The zero-order valence-corrected chi connectivity index (χ0v) is 11.7. The molecule has 2 N–H and O–H groups in total. The minimum Gasteiger partial charge on any atom is -0.395 e. The molecule has 1 rings (SSSR count). The third-order valence-corrected chi connectivity index (χ3v) is 3.97. The minimum absolute atomic E-state index is 0.00492. The van der Waals surface area contributed by atoms with E-state index in [9.17, 15) is 4.79 Å². The molecule has 0 bridgehead atoms. The zero-order chi connectivity index (χ0) is 13.0. The Morgan fingerprint density at radius 2 is 2.35 bits per heavy atom. The molecule has 1 amide bonds. The fraction of sp³-hybridized carbons (Fsp3) is 0.545. The van der Waals surface area contributed by atoms with Gasteiger partial charge < -0.3 is 15.0 Å². The van der Waals surface area contributed by atoms with Crippen LogP contribution in [-0.2, 0) is 7.05 Å². The summed E-state index contributed by atoms with van der Waals surface area (Å²) in [6.45, 7) is 1.91. The Bertz CT molecular complexity index is 391. The summed E-state index contributed by atoms with van der Waals surface area (Å²) < 4.78 is 1.68. The van der Waals surface area contributed by atoms with Crippen molar-refractivity contribution in [3.63, 3.8) is 0 Å². The van der Waals surface area contributed by atoms with Gasteiger partial charge in [-0.3, -0.25) is 4.79 Å². The summed E-state index contributed by atoms with van der Waals surface area (Å²) in [6, 6.07) is 1.52. The predicted molar refractivity (Wildman–Crippen MR) is 71.7 cm³/mol. The van der Waals surface area contributed by atoms with Crippen molar-refractivity contribution in [2.24, 2.45) is 7.05 Å². The predicted octanol–water partition coefficient (Wildman–Crippen LogP) is 1.52. The number of hydrogen-bond donors (Lipinski definition) is 2. The molecule has 96 valence electrons. The number of hydrogen-bond acceptors (Lipinski definition) is 3. The lowest BCUT2D eigenvalue weighted by molar-refractivity contribution is 0.0928. The van der Waals surface area contributed by atoms with Crippen LogP contribution in [0.5, 0.6) is 0 Å². The number of rotatable bonds is 5. The maximum Gasteiger partial charge on any atom is 0.268 e. The second-order valence-corrected chi connectivity index (χ2v) is 5.39. The van der Waals surface area contributed by atoms with Crippen LogP contribution in [0.25, 0.3) is 0 Å². The molecule has 0 aliphatic rings. The van der Waals surface area contributed by atoms with Gasteiger partial charge >= 0.3 is 0 Å². The highest BCUT2D eigenvalue weighted by Crippen LogP contribution is 2.14. The number of aromatic nitrogens is 1. The Labute approximate surface area is 110 Å². The number of aryl methyl sites for hydroxylation is 1. The first-order valence-corrected chi connectivity index (χ1v) is 6.92. The summed E-state index contributed by atoms with van der Waals surface area (Å²) in [6.07, 6.45) is 3.59. The molecule has 0 saturated carbocycles. The monoisotopic (exact) mass is 276 g/mol. The molecule has 2 unspecified atom stereocenters. The number of aliphatic hydroxyl groups is 1. The Hall–Kier alpha value is -0.650. The molecule has 0 aromatic carbocycles. The molecule has 17 heavy (non-hydrogen) atoms. The standard InChI is InChI=1S/C11H17ClN2O2S/c1-7(10(6-15)17-3)13-11(16)9-4-8(12)5-14(9)2/h4-5,7,10,15H,6H2,1-3H3,(H,13,16). The molecule has 0 spiro atoms. The number of thioether (sulfide) groups is 1. The number of halogens is 1. The van der Waals surface area contributed by atoms with Gasteiger partial charge in [0.25, 0.3) is 5.91 Å². The van der Waals surface area contributed by atoms with E-state index in [2.05, 4.69) is 5.32 Å². The Morgan fingerprint density at radius 1 is 1.71 bits per heavy atom. The molecule has 1 heterocycles. The quantitative estimate of drug-likeness (QED) is 0.857. The largest absolute Gasteiger partial charge is 0.395 e. The molecule has 0 aliphatic carbocycles. The third-order valence-electron chi connectivity index (χ3n) is 2.60. The first-order valence-electron chi connectivity index (χ1n) is 5.26. The summed E-state index contributed by atoms with van der Waals surface area (Å²) in [5.41, 5.74) is 0.514. The smallest absolute Gasteiger partial charge is 0.268 e. The van der Waals surface area contributed by atoms with Gasteiger partial charge in [-0.2, -0.15) is 11.8 Å². The summed E-state index contributed by atoms with van der Waals surface area (Å²) in [5, 5.41) is 12.5. The lowest BCUT2D eigenvalue weighted by Gasteiger charge is -2.21. The first kappa shape index (κ1) is 14.4. The van der Waals surface area contributed by atoms with Gasteiger partial charge in [-0.05, 0) is 19.2 Å². The maximum atomic E-state index is 11.9. The number of amides is 1. The van der Waals surface area contributed by atoms with E-state index in [0.717, 1.165) is 0 Å². The van der Waals surface area contributed by atoms with Gasteiger partial charge in [-0.1, -0.05) is 11.6 Å². The van der Waals surface area contributed by atoms with Crippen LogP contribution in [0.2, 0.25) is 5.02 Å². The molecule has 0 radical (unpaired) electrons. The Balaban J connectivity index is 2.69. The molecule has 1 aromatic rings. The van der Waals surface area contributed by atoms with Crippen molar-refractivity contribution >= 4 is 29.3 Å². The van der Waals surface area contributed by atoms with E-state index < -0.39 is 0 Å². The van der Waals surface area contributed by atoms with Crippen molar-refractivity contribution < 1.29 is 9.90 Å². The minimum atomic E-state index is -0.181. The van der Waals surface area contributed by atoms with Crippen LogP contribution in [0.3, 0.4) is 0 Å². The first-order chi connectivity index (χ1) is 7.99. The van der Waals surface area contributed by atoms with Crippen LogP contribution in [-0.4, -0.2) is 39.7 Å². The van der Waals surface area contributed by atoms with E-state index >= 15 is 0 Å². The van der Waals surface area contributed by atoms with Crippen LogP contribution in [0.4, 0.5) is 0 Å². The van der Waals surface area contributed by atoms with Crippen molar-refractivity contribution in [1.29, 1.82) is 0 Å². The summed E-state index contributed by atoms with van der Waals surface area (Å²) >= 11 is 7.35. The van der Waals surface area contributed by atoms with E-state index in [0.29, 0.717) is 10.7 Å². The number of carbonyl (C=O) groups is 1. The number of nitrogens with zero attached hydrogens (tertiary/aromatic N) is 1. The molecule has 0 fully saturated rings. The molecule has 1 aromatic heterocycles. The summed E-state index contributed by atoms with van der Waals surface area (Å²) in [7, 11) is 1.77. The van der Waals surface area contributed by atoms with E-state index in [1.165, 1.54) is 11.8 Å². The topological polar surface area (TPSA) is 54.3 Å².